The van der Waals surface area contributed by atoms with Crippen molar-refractivity contribution < 1.29 is 8.42 Å². The molecule has 6 heteroatoms. The fourth-order valence-corrected chi connectivity index (χ4v) is 2.10. The van der Waals surface area contributed by atoms with Gasteiger partial charge in [0.25, 0.3) is 0 Å². The highest BCUT2D eigenvalue weighted by Gasteiger charge is 2.16. The number of nitriles is 2. The molecule has 0 heterocycles. The van der Waals surface area contributed by atoms with Gasteiger partial charge in [-0.2, -0.15) is 10.5 Å². The fraction of sp³-hybridized carbons (Fsp3) is 0.167. The molecular formula is C12H11N3O2S. The van der Waals surface area contributed by atoms with Crippen LogP contribution < -0.4 is 0 Å². The van der Waals surface area contributed by atoms with E-state index in [1.54, 1.807) is 24.3 Å². The molecule has 0 amide bonds. The summed E-state index contributed by atoms with van der Waals surface area (Å²) >= 11 is 0. The second-order valence-corrected chi connectivity index (χ2v) is 5.79. The van der Waals surface area contributed by atoms with Crippen LogP contribution in [0, 0.1) is 22.7 Å². The molecule has 0 saturated heterocycles. The van der Waals surface area contributed by atoms with Crippen LogP contribution in [-0.4, -0.2) is 26.8 Å². The van der Waals surface area contributed by atoms with E-state index >= 15 is 0 Å². The molecule has 0 spiro atoms. The van der Waals surface area contributed by atoms with Crippen LogP contribution in [0.4, 0.5) is 0 Å². The van der Waals surface area contributed by atoms with Crippen molar-refractivity contribution in [3.63, 3.8) is 0 Å². The minimum atomic E-state index is -3.45. The summed E-state index contributed by atoms with van der Waals surface area (Å²) in [4.78, 5) is 0.167. The van der Waals surface area contributed by atoms with E-state index in [1.165, 1.54) is 32.3 Å². The summed E-state index contributed by atoms with van der Waals surface area (Å²) in [6, 6.07) is 9.44. The largest absolute Gasteiger partial charge is 0.242 e. The maximum atomic E-state index is 11.8. The Balaban J connectivity index is 3.14. The van der Waals surface area contributed by atoms with Gasteiger partial charge in [0.1, 0.15) is 17.7 Å². The fourth-order valence-electron chi connectivity index (χ4n) is 1.20. The van der Waals surface area contributed by atoms with Crippen molar-refractivity contribution in [1.82, 2.24) is 4.31 Å². The SMILES string of the molecule is CN(C)S(=O)(=O)c1ccc(C=C(C#N)C#N)cc1. The van der Waals surface area contributed by atoms with Gasteiger partial charge in [0, 0.05) is 14.1 Å². The van der Waals surface area contributed by atoms with Crippen LogP contribution in [0.25, 0.3) is 6.08 Å². The maximum absolute atomic E-state index is 11.8. The van der Waals surface area contributed by atoms with E-state index in [0.29, 0.717) is 5.56 Å². The summed E-state index contributed by atoms with van der Waals surface area (Å²) in [5, 5.41) is 17.2. The average molecular weight is 261 g/mol. The van der Waals surface area contributed by atoms with Crippen molar-refractivity contribution in [2.45, 2.75) is 4.90 Å². The minimum absolute atomic E-state index is 0.0294. The van der Waals surface area contributed by atoms with Crippen molar-refractivity contribution in [3.05, 3.63) is 35.4 Å². The molecule has 0 aliphatic heterocycles. The van der Waals surface area contributed by atoms with Crippen LogP contribution >= 0.6 is 0 Å². The Hall–Kier alpha value is -2.15. The Morgan fingerprint density at radius 2 is 1.67 bits per heavy atom. The van der Waals surface area contributed by atoms with Crippen LogP contribution in [0.15, 0.2) is 34.7 Å². The van der Waals surface area contributed by atoms with E-state index < -0.39 is 10.0 Å². The molecule has 18 heavy (non-hydrogen) atoms. The molecule has 0 fully saturated rings. The second kappa shape index (κ2) is 5.46. The van der Waals surface area contributed by atoms with Crippen LogP contribution in [0.5, 0.6) is 0 Å². The highest BCUT2D eigenvalue weighted by Crippen LogP contribution is 2.15. The van der Waals surface area contributed by atoms with Crippen LogP contribution in [0.1, 0.15) is 5.56 Å². The third-order valence-corrected chi connectivity index (χ3v) is 4.04. The molecule has 0 N–H and O–H groups in total. The molecule has 0 aliphatic carbocycles. The number of nitrogens with zero attached hydrogens (tertiary/aromatic N) is 3. The summed E-state index contributed by atoms with van der Waals surface area (Å²) in [5.74, 6) is 0. The number of hydrogen-bond donors (Lipinski definition) is 0. The van der Waals surface area contributed by atoms with Gasteiger partial charge in [-0.15, -0.1) is 0 Å². The first kappa shape index (κ1) is 13.9. The quantitative estimate of drug-likeness (QED) is 0.769. The van der Waals surface area contributed by atoms with Crippen molar-refractivity contribution >= 4 is 16.1 Å². The summed E-state index contributed by atoms with van der Waals surface area (Å²) in [7, 11) is -0.549. The number of allylic oxidation sites excluding steroid dienone is 1. The predicted molar refractivity (Wildman–Crippen MR) is 66.5 cm³/mol. The van der Waals surface area contributed by atoms with Gasteiger partial charge in [0.05, 0.1) is 4.90 Å². The van der Waals surface area contributed by atoms with Gasteiger partial charge in [0.15, 0.2) is 0 Å². The molecule has 0 aliphatic rings. The summed E-state index contributed by atoms with van der Waals surface area (Å²) in [6.45, 7) is 0. The van der Waals surface area contributed by atoms with E-state index in [1.807, 2.05) is 0 Å². The zero-order valence-electron chi connectivity index (χ0n) is 9.95. The number of sulfonamides is 1. The smallest absolute Gasteiger partial charge is 0.207 e. The summed E-state index contributed by atoms with van der Waals surface area (Å²) in [5.41, 5.74) is 0.573. The number of rotatable bonds is 3. The van der Waals surface area contributed by atoms with Gasteiger partial charge in [0.2, 0.25) is 10.0 Å². The van der Waals surface area contributed by atoms with Crippen molar-refractivity contribution in [3.8, 4) is 12.1 Å². The lowest BCUT2D eigenvalue weighted by atomic mass is 10.1. The molecule has 92 valence electrons. The molecule has 1 aromatic rings. The van der Waals surface area contributed by atoms with Gasteiger partial charge in [-0.05, 0) is 23.8 Å². The third-order valence-electron chi connectivity index (χ3n) is 2.21. The Bertz CT molecular complexity index is 628. The average Bonchev–Trinajstić information content (AvgIpc) is 2.36. The van der Waals surface area contributed by atoms with Gasteiger partial charge in [-0.1, -0.05) is 12.1 Å². The third kappa shape index (κ3) is 2.95. The lowest BCUT2D eigenvalue weighted by Gasteiger charge is -2.11. The topological polar surface area (TPSA) is 85.0 Å². The van der Waals surface area contributed by atoms with Crippen molar-refractivity contribution in [2.75, 3.05) is 14.1 Å². The second-order valence-electron chi connectivity index (χ2n) is 3.64. The predicted octanol–water partition coefficient (Wildman–Crippen LogP) is 1.37. The summed E-state index contributed by atoms with van der Waals surface area (Å²) < 4.78 is 24.7. The van der Waals surface area contributed by atoms with Gasteiger partial charge < -0.3 is 0 Å². The highest BCUT2D eigenvalue weighted by molar-refractivity contribution is 7.89. The first-order valence-electron chi connectivity index (χ1n) is 4.96. The van der Waals surface area contributed by atoms with Crippen molar-refractivity contribution in [2.24, 2.45) is 0 Å². The number of hydrogen-bond acceptors (Lipinski definition) is 4. The molecular weight excluding hydrogens is 250 g/mol. The Labute approximate surface area is 106 Å². The molecule has 0 bridgehead atoms. The lowest BCUT2D eigenvalue weighted by Crippen LogP contribution is -2.22. The van der Waals surface area contributed by atoms with Crippen LogP contribution in [-0.2, 0) is 10.0 Å². The lowest BCUT2D eigenvalue weighted by molar-refractivity contribution is 0.521. The first-order chi connectivity index (χ1) is 8.41. The first-order valence-corrected chi connectivity index (χ1v) is 6.40. The van der Waals surface area contributed by atoms with E-state index in [-0.39, 0.29) is 10.5 Å². The van der Waals surface area contributed by atoms with Gasteiger partial charge in [-0.25, -0.2) is 12.7 Å². The van der Waals surface area contributed by atoms with Crippen molar-refractivity contribution in [1.29, 1.82) is 10.5 Å². The van der Waals surface area contributed by atoms with E-state index in [4.69, 9.17) is 10.5 Å². The molecule has 0 saturated carbocycles. The molecule has 0 radical (unpaired) electrons. The monoisotopic (exact) mass is 261 g/mol. The van der Waals surface area contributed by atoms with Crippen LogP contribution in [0.2, 0.25) is 0 Å². The molecule has 1 aromatic carbocycles. The Kier molecular flexibility index (Phi) is 4.22. The molecule has 0 aromatic heterocycles. The minimum Gasteiger partial charge on any atom is -0.207 e. The summed E-state index contributed by atoms with van der Waals surface area (Å²) in [6.07, 6.45) is 1.39. The van der Waals surface area contributed by atoms with E-state index in [9.17, 15) is 8.42 Å². The Morgan fingerprint density at radius 3 is 2.06 bits per heavy atom. The standard InChI is InChI=1S/C12H11N3O2S/c1-15(2)18(16,17)12-5-3-10(4-6-12)7-11(8-13)9-14/h3-7H,1-2H3. The zero-order chi connectivity index (χ0) is 13.8. The van der Waals surface area contributed by atoms with Crippen LogP contribution in [0.3, 0.4) is 0 Å². The molecule has 0 atom stereocenters. The van der Waals surface area contributed by atoms with E-state index in [2.05, 4.69) is 0 Å². The number of benzene rings is 1. The molecule has 5 nitrogen and oxygen atoms in total. The van der Waals surface area contributed by atoms with Gasteiger partial charge >= 0.3 is 0 Å². The molecule has 1 rings (SSSR count). The maximum Gasteiger partial charge on any atom is 0.242 e. The Morgan fingerprint density at radius 1 is 1.17 bits per heavy atom. The highest BCUT2D eigenvalue weighted by atomic mass is 32.2. The molecule has 0 unspecified atom stereocenters. The van der Waals surface area contributed by atoms with E-state index in [0.717, 1.165) is 4.31 Å². The van der Waals surface area contributed by atoms with Gasteiger partial charge in [-0.3, -0.25) is 0 Å². The zero-order valence-corrected chi connectivity index (χ0v) is 10.8. The normalized spacial score (nSPS) is 10.5.